The van der Waals surface area contributed by atoms with Crippen LogP contribution in [0.2, 0.25) is 0 Å². The number of fused-ring (bicyclic) bond motifs is 2. The number of amides is 4. The molecule has 14 heteroatoms. The minimum Gasteiger partial charge on any atom is -0.399 e. The summed E-state index contributed by atoms with van der Waals surface area (Å²) in [5, 5.41) is 10.2. The molecule has 256 valence electrons. The van der Waals surface area contributed by atoms with Crippen LogP contribution in [0.25, 0.3) is 0 Å². The van der Waals surface area contributed by atoms with Crippen LogP contribution >= 0.6 is 0 Å². The number of rotatable bonds is 12. The van der Waals surface area contributed by atoms with E-state index in [0.717, 1.165) is 11.1 Å². The van der Waals surface area contributed by atoms with Gasteiger partial charge < -0.3 is 44.2 Å². The minimum absolute atomic E-state index is 0.0877. The Labute approximate surface area is 287 Å². The molecule has 0 fully saturated rings. The Morgan fingerprint density at radius 1 is 0.520 bits per heavy atom. The second-order valence-electron chi connectivity index (χ2n) is 11.8. The zero-order valence-electron chi connectivity index (χ0n) is 26.8. The molecule has 0 spiro atoms. The first kappa shape index (κ1) is 34.9. The SMILES string of the molecule is Nc1ccc(CC(N)C(=O)NCC(=O)Nc2ccc3c(c2)C(=O)c2ccc(NC(=O)CNC(=O)C(N)Cc4ccc(N)cc4)cc2C3=O)cc1. The highest BCUT2D eigenvalue weighted by molar-refractivity contribution is 6.29. The molecule has 12 N–H and O–H groups in total. The molecule has 50 heavy (non-hydrogen) atoms. The zero-order valence-corrected chi connectivity index (χ0v) is 26.8. The van der Waals surface area contributed by atoms with Crippen molar-refractivity contribution in [1.29, 1.82) is 0 Å². The zero-order chi connectivity index (χ0) is 35.9. The van der Waals surface area contributed by atoms with Gasteiger partial charge >= 0.3 is 0 Å². The fraction of sp³-hybridized carbons (Fsp3) is 0.167. The van der Waals surface area contributed by atoms with Gasteiger partial charge in [0.25, 0.3) is 0 Å². The molecule has 4 aromatic carbocycles. The number of ketones is 2. The van der Waals surface area contributed by atoms with Crippen LogP contribution in [0.3, 0.4) is 0 Å². The van der Waals surface area contributed by atoms with E-state index >= 15 is 0 Å². The molecule has 1 aliphatic carbocycles. The predicted molar refractivity (Wildman–Crippen MR) is 188 cm³/mol. The fourth-order valence-electron chi connectivity index (χ4n) is 5.31. The van der Waals surface area contributed by atoms with Crippen molar-refractivity contribution in [2.75, 3.05) is 35.2 Å². The second-order valence-corrected chi connectivity index (χ2v) is 11.8. The highest BCUT2D eigenvalue weighted by Gasteiger charge is 2.30. The lowest BCUT2D eigenvalue weighted by molar-refractivity contribution is -0.125. The largest absolute Gasteiger partial charge is 0.399 e. The molecule has 2 atom stereocenters. The first-order valence-electron chi connectivity index (χ1n) is 15.6. The Morgan fingerprint density at radius 2 is 0.880 bits per heavy atom. The van der Waals surface area contributed by atoms with Crippen molar-refractivity contribution in [1.82, 2.24) is 10.6 Å². The first-order valence-corrected chi connectivity index (χ1v) is 15.6. The highest BCUT2D eigenvalue weighted by atomic mass is 16.2. The van der Waals surface area contributed by atoms with E-state index in [1.165, 1.54) is 36.4 Å². The Hall–Kier alpha value is -6.38. The van der Waals surface area contributed by atoms with Crippen molar-refractivity contribution < 1.29 is 28.8 Å². The van der Waals surface area contributed by atoms with E-state index in [2.05, 4.69) is 21.3 Å². The standard InChI is InChI=1S/C36H36N8O6/c37-21-5-1-19(2-6-21)13-29(39)35(49)41-17-31(45)43-23-9-11-25-27(15-23)33(47)26-12-10-24(16-28(26)34(25)48)44-32(46)18-42-36(50)30(40)14-20-3-7-22(38)8-4-20/h1-12,15-16,29-30H,13-14,17-18,37-40H2,(H,41,49)(H,42,50)(H,43,45)(H,44,46). The maximum absolute atomic E-state index is 13.4. The lowest BCUT2D eigenvalue weighted by Gasteiger charge is -2.19. The second kappa shape index (κ2) is 15.2. The van der Waals surface area contributed by atoms with E-state index in [1.807, 2.05) is 0 Å². The molecule has 14 nitrogen and oxygen atoms in total. The number of nitrogens with two attached hydrogens (primary N) is 4. The molecule has 4 amide bonds. The summed E-state index contributed by atoms with van der Waals surface area (Å²) in [6, 6.07) is 20.7. The van der Waals surface area contributed by atoms with Crippen molar-refractivity contribution in [3.8, 4) is 0 Å². The predicted octanol–water partition coefficient (Wildman–Crippen LogP) is 0.876. The summed E-state index contributed by atoms with van der Waals surface area (Å²) < 4.78 is 0. The molecular weight excluding hydrogens is 640 g/mol. The molecule has 0 saturated heterocycles. The smallest absolute Gasteiger partial charge is 0.243 e. The topological polar surface area (TPSA) is 255 Å². The van der Waals surface area contributed by atoms with E-state index < -0.39 is 47.3 Å². The lowest BCUT2D eigenvalue weighted by Crippen LogP contribution is -2.44. The van der Waals surface area contributed by atoms with E-state index in [9.17, 15) is 28.8 Å². The molecule has 0 aliphatic heterocycles. The van der Waals surface area contributed by atoms with E-state index in [-0.39, 0.29) is 59.6 Å². The highest BCUT2D eigenvalue weighted by Crippen LogP contribution is 2.31. The van der Waals surface area contributed by atoms with E-state index in [4.69, 9.17) is 22.9 Å². The monoisotopic (exact) mass is 676 g/mol. The van der Waals surface area contributed by atoms with Gasteiger partial charge in [0, 0.05) is 45.0 Å². The third-order valence-electron chi connectivity index (χ3n) is 7.98. The van der Waals surface area contributed by atoms with Gasteiger partial charge in [0.15, 0.2) is 11.6 Å². The van der Waals surface area contributed by atoms with Gasteiger partial charge in [-0.2, -0.15) is 0 Å². The maximum atomic E-state index is 13.4. The van der Waals surface area contributed by atoms with E-state index in [0.29, 0.717) is 11.4 Å². The van der Waals surface area contributed by atoms with Crippen molar-refractivity contribution in [3.05, 3.63) is 118 Å². The summed E-state index contributed by atoms with van der Waals surface area (Å²) in [6.07, 6.45) is 0.508. The van der Waals surface area contributed by atoms with Crippen LogP contribution in [-0.4, -0.2) is 60.4 Å². The van der Waals surface area contributed by atoms with Gasteiger partial charge in [-0.1, -0.05) is 24.3 Å². The molecular formula is C36H36N8O6. The van der Waals surface area contributed by atoms with Crippen LogP contribution in [0.1, 0.15) is 43.0 Å². The normalized spacial score (nSPS) is 12.9. The number of carbonyl (C=O) groups excluding carboxylic acids is 6. The molecule has 2 unspecified atom stereocenters. The summed E-state index contributed by atoms with van der Waals surface area (Å²) in [5.41, 5.74) is 27.0. The number of benzene rings is 4. The molecule has 0 bridgehead atoms. The number of nitrogen functional groups attached to an aromatic ring is 2. The van der Waals surface area contributed by atoms with Gasteiger partial charge in [-0.3, -0.25) is 28.8 Å². The van der Waals surface area contributed by atoms with Crippen LogP contribution in [0, 0.1) is 0 Å². The number of hydrogen-bond donors (Lipinski definition) is 8. The number of nitrogens with one attached hydrogen (secondary N) is 4. The number of hydrogen-bond acceptors (Lipinski definition) is 10. The molecule has 4 aromatic rings. The minimum atomic E-state index is -0.885. The van der Waals surface area contributed by atoms with Crippen molar-refractivity contribution >= 4 is 57.9 Å². The molecule has 0 aromatic heterocycles. The molecule has 5 rings (SSSR count). The average Bonchev–Trinajstić information content (AvgIpc) is 3.10. The van der Waals surface area contributed by atoms with Crippen LogP contribution < -0.4 is 44.2 Å². The summed E-state index contributed by atoms with van der Waals surface area (Å²) in [4.78, 5) is 76.7. The van der Waals surface area contributed by atoms with Gasteiger partial charge in [-0.05, 0) is 84.6 Å². The first-order chi connectivity index (χ1) is 23.9. The van der Waals surface area contributed by atoms with E-state index in [1.54, 1.807) is 48.5 Å². The van der Waals surface area contributed by atoms with Gasteiger partial charge in [0.2, 0.25) is 23.6 Å². The van der Waals surface area contributed by atoms with Crippen LogP contribution in [-0.2, 0) is 32.0 Å². The van der Waals surface area contributed by atoms with Crippen LogP contribution in [0.5, 0.6) is 0 Å². The molecule has 0 radical (unpaired) electrons. The summed E-state index contributed by atoms with van der Waals surface area (Å²) in [7, 11) is 0. The van der Waals surface area contributed by atoms with Crippen molar-refractivity contribution in [2.24, 2.45) is 11.5 Å². The Bertz CT molecular complexity index is 1830. The maximum Gasteiger partial charge on any atom is 0.243 e. The Kier molecular flexibility index (Phi) is 10.6. The average molecular weight is 677 g/mol. The number of carbonyl (C=O) groups is 6. The number of anilines is 4. The van der Waals surface area contributed by atoms with Gasteiger partial charge in [0.05, 0.1) is 25.2 Å². The third-order valence-corrected chi connectivity index (χ3v) is 7.98. The van der Waals surface area contributed by atoms with Gasteiger partial charge in [0.1, 0.15) is 0 Å². The molecule has 0 heterocycles. The Morgan fingerprint density at radius 3 is 1.24 bits per heavy atom. The van der Waals surface area contributed by atoms with Gasteiger partial charge in [-0.25, -0.2) is 0 Å². The third kappa shape index (κ3) is 8.55. The van der Waals surface area contributed by atoms with Crippen LogP contribution in [0.15, 0.2) is 84.9 Å². The van der Waals surface area contributed by atoms with Crippen molar-refractivity contribution in [2.45, 2.75) is 24.9 Å². The summed E-state index contributed by atoms with van der Waals surface area (Å²) >= 11 is 0. The summed E-state index contributed by atoms with van der Waals surface area (Å²) in [6.45, 7) is -0.731. The lowest BCUT2D eigenvalue weighted by atomic mass is 9.83. The summed E-state index contributed by atoms with van der Waals surface area (Å²) in [5.74, 6) is -3.06. The van der Waals surface area contributed by atoms with Crippen LogP contribution in [0.4, 0.5) is 22.7 Å². The fourth-order valence-corrected chi connectivity index (χ4v) is 5.31. The molecule has 0 saturated carbocycles. The quantitative estimate of drug-likeness (QED) is 0.0866. The molecule has 1 aliphatic rings. The van der Waals surface area contributed by atoms with Crippen molar-refractivity contribution in [3.63, 3.8) is 0 Å². The Balaban J connectivity index is 1.13. The van der Waals surface area contributed by atoms with Gasteiger partial charge in [-0.15, -0.1) is 0 Å².